The molecule has 3 rings (SSSR count). The van der Waals surface area contributed by atoms with E-state index in [0.29, 0.717) is 16.4 Å². The molecular formula is C19H18N2O2S. The molecule has 0 atom stereocenters. The van der Waals surface area contributed by atoms with Gasteiger partial charge in [-0.3, -0.25) is 10.1 Å². The molecule has 0 saturated heterocycles. The zero-order valence-electron chi connectivity index (χ0n) is 13.8. The van der Waals surface area contributed by atoms with Crippen molar-refractivity contribution in [3.63, 3.8) is 0 Å². The second-order valence-corrected chi connectivity index (χ2v) is 6.38. The van der Waals surface area contributed by atoms with Gasteiger partial charge in [0.15, 0.2) is 5.13 Å². The van der Waals surface area contributed by atoms with E-state index in [1.807, 2.05) is 11.4 Å². The Balaban J connectivity index is 1.78. The van der Waals surface area contributed by atoms with Crippen molar-refractivity contribution in [1.29, 1.82) is 0 Å². The Morgan fingerprint density at radius 3 is 2.71 bits per heavy atom. The van der Waals surface area contributed by atoms with E-state index in [1.54, 1.807) is 31.4 Å². The summed E-state index contributed by atoms with van der Waals surface area (Å²) in [5.74, 6) is 0.451. The van der Waals surface area contributed by atoms with Crippen LogP contribution >= 0.6 is 11.3 Å². The molecule has 122 valence electrons. The van der Waals surface area contributed by atoms with Gasteiger partial charge in [-0.15, -0.1) is 11.3 Å². The standard InChI is InChI=1S/C19H18N2O2S/c1-12-7-8-14(9-13(12)2)17-11-24-19(20-17)21-18(22)15-5-4-6-16(10-15)23-3/h4-11H,1-3H3,(H,20,21,22). The van der Waals surface area contributed by atoms with Crippen LogP contribution < -0.4 is 10.1 Å². The summed E-state index contributed by atoms with van der Waals surface area (Å²) in [5, 5.41) is 5.37. The second-order valence-electron chi connectivity index (χ2n) is 5.52. The molecule has 0 saturated carbocycles. The second kappa shape index (κ2) is 6.84. The number of thiazole rings is 1. The Hall–Kier alpha value is -2.66. The van der Waals surface area contributed by atoms with Crippen molar-refractivity contribution < 1.29 is 9.53 Å². The van der Waals surface area contributed by atoms with Crippen LogP contribution in [0, 0.1) is 13.8 Å². The van der Waals surface area contributed by atoms with Gasteiger partial charge in [-0.2, -0.15) is 0 Å². The van der Waals surface area contributed by atoms with Crippen molar-refractivity contribution in [2.75, 3.05) is 12.4 Å². The SMILES string of the molecule is COc1cccc(C(=O)Nc2nc(-c3ccc(C)c(C)c3)cs2)c1. The molecule has 0 unspecified atom stereocenters. The Kier molecular flexibility index (Phi) is 4.62. The smallest absolute Gasteiger partial charge is 0.257 e. The van der Waals surface area contributed by atoms with Crippen molar-refractivity contribution in [1.82, 2.24) is 4.98 Å². The molecule has 0 spiro atoms. The molecule has 24 heavy (non-hydrogen) atoms. The highest BCUT2D eigenvalue weighted by molar-refractivity contribution is 7.14. The van der Waals surface area contributed by atoms with Crippen molar-refractivity contribution in [3.8, 4) is 17.0 Å². The summed E-state index contributed by atoms with van der Waals surface area (Å²) < 4.78 is 5.14. The fraction of sp³-hybridized carbons (Fsp3) is 0.158. The number of hydrogen-bond acceptors (Lipinski definition) is 4. The maximum atomic E-state index is 12.3. The van der Waals surface area contributed by atoms with E-state index in [0.717, 1.165) is 11.3 Å². The van der Waals surface area contributed by atoms with Gasteiger partial charge in [0, 0.05) is 16.5 Å². The number of rotatable bonds is 4. The lowest BCUT2D eigenvalue weighted by atomic mass is 10.1. The predicted octanol–water partition coefficient (Wildman–Crippen LogP) is 4.69. The number of ether oxygens (including phenoxy) is 1. The average molecular weight is 338 g/mol. The van der Waals surface area contributed by atoms with Crippen molar-refractivity contribution in [3.05, 3.63) is 64.5 Å². The molecule has 0 fully saturated rings. The molecular weight excluding hydrogens is 320 g/mol. The zero-order valence-corrected chi connectivity index (χ0v) is 14.6. The van der Waals surface area contributed by atoms with Gasteiger partial charge >= 0.3 is 0 Å². The Labute approximate surface area is 145 Å². The highest BCUT2D eigenvalue weighted by Gasteiger charge is 2.11. The molecule has 5 heteroatoms. The molecule has 1 aromatic heterocycles. The molecule has 0 aliphatic rings. The van der Waals surface area contributed by atoms with Crippen LogP contribution in [0.4, 0.5) is 5.13 Å². The molecule has 0 aliphatic heterocycles. The van der Waals surface area contributed by atoms with E-state index in [1.165, 1.54) is 22.5 Å². The normalized spacial score (nSPS) is 10.5. The van der Waals surface area contributed by atoms with Gasteiger partial charge in [0.25, 0.3) is 5.91 Å². The summed E-state index contributed by atoms with van der Waals surface area (Å²) in [6.07, 6.45) is 0. The monoisotopic (exact) mass is 338 g/mol. The van der Waals surface area contributed by atoms with E-state index >= 15 is 0 Å². The molecule has 1 N–H and O–H groups in total. The largest absolute Gasteiger partial charge is 0.497 e. The number of aryl methyl sites for hydroxylation is 2. The fourth-order valence-electron chi connectivity index (χ4n) is 2.30. The first-order chi connectivity index (χ1) is 11.6. The van der Waals surface area contributed by atoms with E-state index in [4.69, 9.17) is 4.74 Å². The van der Waals surface area contributed by atoms with Gasteiger partial charge in [-0.25, -0.2) is 4.98 Å². The van der Waals surface area contributed by atoms with Crippen LogP contribution in [0.25, 0.3) is 11.3 Å². The average Bonchev–Trinajstić information content (AvgIpc) is 3.06. The highest BCUT2D eigenvalue weighted by Crippen LogP contribution is 2.27. The third-order valence-electron chi connectivity index (χ3n) is 3.86. The van der Waals surface area contributed by atoms with Crippen molar-refractivity contribution in [2.45, 2.75) is 13.8 Å². The van der Waals surface area contributed by atoms with Gasteiger partial charge in [0.2, 0.25) is 0 Å². The number of nitrogens with one attached hydrogen (secondary N) is 1. The first-order valence-corrected chi connectivity index (χ1v) is 8.43. The molecule has 0 radical (unpaired) electrons. The summed E-state index contributed by atoms with van der Waals surface area (Å²) in [7, 11) is 1.58. The van der Waals surface area contributed by atoms with Crippen molar-refractivity contribution in [2.24, 2.45) is 0 Å². The molecule has 1 heterocycles. The number of carbonyl (C=O) groups excluding carboxylic acids is 1. The lowest BCUT2D eigenvalue weighted by molar-refractivity contribution is 0.102. The lowest BCUT2D eigenvalue weighted by Gasteiger charge is -2.04. The van der Waals surface area contributed by atoms with E-state index < -0.39 is 0 Å². The van der Waals surface area contributed by atoms with Crippen LogP contribution in [0.5, 0.6) is 5.75 Å². The van der Waals surface area contributed by atoms with Crippen molar-refractivity contribution >= 4 is 22.4 Å². The number of hydrogen-bond donors (Lipinski definition) is 1. The van der Waals surface area contributed by atoms with Crippen LogP contribution in [0.15, 0.2) is 47.8 Å². The molecule has 4 nitrogen and oxygen atoms in total. The predicted molar refractivity (Wildman–Crippen MR) is 98.0 cm³/mol. The number of anilines is 1. The summed E-state index contributed by atoms with van der Waals surface area (Å²) in [5.41, 5.74) is 4.93. The molecule has 1 amide bonds. The fourth-order valence-corrected chi connectivity index (χ4v) is 3.01. The number of nitrogens with zero attached hydrogens (tertiary/aromatic N) is 1. The van der Waals surface area contributed by atoms with E-state index in [-0.39, 0.29) is 5.91 Å². The quantitative estimate of drug-likeness (QED) is 0.751. The maximum Gasteiger partial charge on any atom is 0.257 e. The van der Waals surface area contributed by atoms with Gasteiger partial charge in [0.05, 0.1) is 12.8 Å². The third-order valence-corrected chi connectivity index (χ3v) is 4.62. The molecule has 3 aromatic rings. The molecule has 0 aliphatic carbocycles. The minimum atomic E-state index is -0.199. The van der Waals surface area contributed by atoms with Gasteiger partial charge in [-0.05, 0) is 49.2 Å². The summed E-state index contributed by atoms with van der Waals surface area (Å²) in [6.45, 7) is 4.16. The van der Waals surface area contributed by atoms with E-state index in [9.17, 15) is 4.79 Å². The Morgan fingerprint density at radius 1 is 1.12 bits per heavy atom. The summed E-state index contributed by atoms with van der Waals surface area (Å²) in [6, 6.07) is 13.3. The summed E-state index contributed by atoms with van der Waals surface area (Å²) in [4.78, 5) is 16.8. The van der Waals surface area contributed by atoms with Gasteiger partial charge < -0.3 is 4.74 Å². The van der Waals surface area contributed by atoms with Gasteiger partial charge in [-0.1, -0.05) is 18.2 Å². The number of methoxy groups -OCH3 is 1. The van der Waals surface area contributed by atoms with E-state index in [2.05, 4.69) is 36.3 Å². The molecule has 0 bridgehead atoms. The first kappa shape index (κ1) is 16.2. The van der Waals surface area contributed by atoms with Crippen LogP contribution in [0.2, 0.25) is 0 Å². The topological polar surface area (TPSA) is 51.2 Å². The summed E-state index contributed by atoms with van der Waals surface area (Å²) >= 11 is 1.41. The number of amides is 1. The Morgan fingerprint density at radius 2 is 1.96 bits per heavy atom. The van der Waals surface area contributed by atoms with Crippen LogP contribution in [0.3, 0.4) is 0 Å². The minimum absolute atomic E-state index is 0.199. The third kappa shape index (κ3) is 3.46. The van der Waals surface area contributed by atoms with Crippen LogP contribution in [-0.4, -0.2) is 18.0 Å². The lowest BCUT2D eigenvalue weighted by Crippen LogP contribution is -2.11. The minimum Gasteiger partial charge on any atom is -0.497 e. The maximum absolute atomic E-state index is 12.3. The van der Waals surface area contributed by atoms with Crippen LogP contribution in [-0.2, 0) is 0 Å². The van der Waals surface area contributed by atoms with Gasteiger partial charge in [0.1, 0.15) is 5.75 Å². The van der Waals surface area contributed by atoms with Crippen LogP contribution in [0.1, 0.15) is 21.5 Å². The number of benzene rings is 2. The Bertz CT molecular complexity index is 887. The number of carbonyl (C=O) groups is 1. The number of aromatic nitrogens is 1. The first-order valence-electron chi connectivity index (χ1n) is 7.55. The zero-order chi connectivity index (χ0) is 17.1. The molecule has 2 aromatic carbocycles. The highest BCUT2D eigenvalue weighted by atomic mass is 32.1.